The van der Waals surface area contributed by atoms with Gasteiger partial charge in [-0.15, -0.1) is 0 Å². The van der Waals surface area contributed by atoms with Gasteiger partial charge in [0, 0.05) is 5.57 Å². The molecule has 1 N–H and O–H groups in total. The Kier molecular flexibility index (Phi) is 2.63. The summed E-state index contributed by atoms with van der Waals surface area (Å²) in [5.41, 5.74) is -0.571. The lowest BCUT2D eigenvalue weighted by molar-refractivity contribution is 0.118. The van der Waals surface area contributed by atoms with Crippen molar-refractivity contribution in [2.75, 3.05) is 0 Å². The molecule has 0 aromatic heterocycles. The molecule has 0 aliphatic rings. The van der Waals surface area contributed by atoms with Crippen molar-refractivity contribution in [1.82, 2.24) is 0 Å². The summed E-state index contributed by atoms with van der Waals surface area (Å²) >= 11 is 0. The van der Waals surface area contributed by atoms with Gasteiger partial charge in [0.05, 0.1) is 5.60 Å². The fourth-order valence-electron chi connectivity index (χ4n) is 0.630. The molecule has 0 fully saturated rings. The van der Waals surface area contributed by atoms with E-state index in [1.165, 1.54) is 0 Å². The van der Waals surface area contributed by atoms with E-state index in [0.717, 1.165) is 0 Å². The Morgan fingerprint density at radius 3 is 2.11 bits per heavy atom. The SMILES string of the molecule is CCC(=C=O)C(C)(C)O. The molecule has 0 heterocycles. The van der Waals surface area contributed by atoms with Crippen molar-refractivity contribution in [3.8, 4) is 0 Å². The van der Waals surface area contributed by atoms with Crippen molar-refractivity contribution >= 4 is 5.94 Å². The van der Waals surface area contributed by atoms with Crippen LogP contribution in [0.3, 0.4) is 0 Å². The van der Waals surface area contributed by atoms with Gasteiger partial charge in [0.25, 0.3) is 0 Å². The van der Waals surface area contributed by atoms with Gasteiger partial charge in [-0.3, -0.25) is 0 Å². The standard InChI is InChI=1S/C7H12O2/c1-4-6(5-8)7(2,3)9/h9H,4H2,1-3H3. The summed E-state index contributed by atoms with van der Waals surface area (Å²) in [4.78, 5) is 10.1. The van der Waals surface area contributed by atoms with Crippen LogP contribution in [0, 0.1) is 0 Å². The second-order valence-electron chi connectivity index (χ2n) is 2.49. The second kappa shape index (κ2) is 2.81. The molecule has 2 heteroatoms. The summed E-state index contributed by atoms with van der Waals surface area (Å²) in [5, 5.41) is 9.18. The Morgan fingerprint density at radius 1 is 1.67 bits per heavy atom. The first kappa shape index (κ1) is 8.41. The molecule has 0 saturated heterocycles. The third kappa shape index (κ3) is 2.45. The van der Waals surface area contributed by atoms with E-state index in [0.29, 0.717) is 12.0 Å². The maximum atomic E-state index is 10.1. The largest absolute Gasteiger partial charge is 0.385 e. The van der Waals surface area contributed by atoms with Crippen LogP contribution in [0.25, 0.3) is 0 Å². The average Bonchev–Trinajstić information content (AvgIpc) is 1.65. The topological polar surface area (TPSA) is 37.3 Å². The van der Waals surface area contributed by atoms with Gasteiger partial charge in [0.1, 0.15) is 5.94 Å². The van der Waals surface area contributed by atoms with Gasteiger partial charge in [0.2, 0.25) is 0 Å². The molecular weight excluding hydrogens is 116 g/mol. The number of aliphatic hydroxyl groups is 1. The molecule has 0 bridgehead atoms. The van der Waals surface area contributed by atoms with Crippen molar-refractivity contribution in [3.05, 3.63) is 5.57 Å². The smallest absolute Gasteiger partial charge is 0.126 e. The van der Waals surface area contributed by atoms with Gasteiger partial charge < -0.3 is 5.11 Å². The highest BCUT2D eigenvalue weighted by molar-refractivity contribution is 5.55. The van der Waals surface area contributed by atoms with E-state index in [-0.39, 0.29) is 0 Å². The molecule has 0 amide bonds. The van der Waals surface area contributed by atoms with E-state index in [4.69, 9.17) is 0 Å². The van der Waals surface area contributed by atoms with Crippen molar-refractivity contribution in [3.63, 3.8) is 0 Å². The molecular formula is C7H12O2. The average molecular weight is 128 g/mol. The van der Waals surface area contributed by atoms with E-state index >= 15 is 0 Å². The van der Waals surface area contributed by atoms with Crippen LogP contribution in [0.2, 0.25) is 0 Å². The lowest BCUT2D eigenvalue weighted by Crippen LogP contribution is -2.21. The molecule has 2 nitrogen and oxygen atoms in total. The van der Waals surface area contributed by atoms with Gasteiger partial charge in [-0.25, -0.2) is 4.79 Å². The zero-order valence-electron chi connectivity index (χ0n) is 6.06. The van der Waals surface area contributed by atoms with E-state index in [1.807, 2.05) is 6.92 Å². The molecule has 0 aliphatic heterocycles. The molecule has 0 spiro atoms. The monoisotopic (exact) mass is 128 g/mol. The minimum absolute atomic E-state index is 0.419. The van der Waals surface area contributed by atoms with E-state index in [9.17, 15) is 9.90 Å². The van der Waals surface area contributed by atoms with Crippen molar-refractivity contribution in [2.45, 2.75) is 32.8 Å². The molecule has 0 aromatic rings. The molecule has 0 radical (unpaired) electrons. The van der Waals surface area contributed by atoms with Crippen LogP contribution >= 0.6 is 0 Å². The molecule has 0 rings (SSSR count). The predicted molar refractivity (Wildman–Crippen MR) is 35.8 cm³/mol. The van der Waals surface area contributed by atoms with Crippen LogP contribution in [0.5, 0.6) is 0 Å². The van der Waals surface area contributed by atoms with Gasteiger partial charge in [-0.1, -0.05) is 6.92 Å². The lowest BCUT2D eigenvalue weighted by Gasteiger charge is -2.15. The van der Waals surface area contributed by atoms with Crippen LogP contribution in [-0.2, 0) is 4.79 Å². The molecule has 52 valence electrons. The highest BCUT2D eigenvalue weighted by Crippen LogP contribution is 2.14. The van der Waals surface area contributed by atoms with Gasteiger partial charge >= 0.3 is 0 Å². The molecule has 0 unspecified atom stereocenters. The van der Waals surface area contributed by atoms with E-state index in [2.05, 4.69) is 0 Å². The first-order valence-electron chi connectivity index (χ1n) is 2.99. The van der Waals surface area contributed by atoms with E-state index in [1.54, 1.807) is 19.8 Å². The third-order valence-corrected chi connectivity index (χ3v) is 1.22. The van der Waals surface area contributed by atoms with Gasteiger partial charge in [-0.2, -0.15) is 0 Å². The summed E-state index contributed by atoms with van der Waals surface area (Å²) < 4.78 is 0. The van der Waals surface area contributed by atoms with Gasteiger partial charge in [-0.05, 0) is 20.3 Å². The highest BCUT2D eigenvalue weighted by Gasteiger charge is 2.17. The van der Waals surface area contributed by atoms with Crippen LogP contribution in [0.4, 0.5) is 0 Å². The first-order valence-corrected chi connectivity index (χ1v) is 2.99. The fourth-order valence-corrected chi connectivity index (χ4v) is 0.630. The summed E-state index contributed by atoms with van der Waals surface area (Å²) in [5.74, 6) is 1.71. The summed E-state index contributed by atoms with van der Waals surface area (Å²) in [6.07, 6.45) is 0.562. The third-order valence-electron chi connectivity index (χ3n) is 1.22. The fraction of sp³-hybridized carbons (Fsp3) is 0.714. The number of hydrogen-bond donors (Lipinski definition) is 1. The maximum Gasteiger partial charge on any atom is 0.126 e. The minimum atomic E-state index is -0.990. The minimum Gasteiger partial charge on any atom is -0.385 e. The van der Waals surface area contributed by atoms with E-state index < -0.39 is 5.60 Å². The first-order chi connectivity index (χ1) is 4.02. The Balaban J connectivity index is 4.33. The summed E-state index contributed by atoms with van der Waals surface area (Å²) in [7, 11) is 0. The normalized spacial score (nSPS) is 10.7. The molecule has 9 heavy (non-hydrogen) atoms. The van der Waals surface area contributed by atoms with Crippen LogP contribution in [0.15, 0.2) is 5.57 Å². The van der Waals surface area contributed by atoms with Crippen LogP contribution in [-0.4, -0.2) is 16.6 Å². The zero-order valence-corrected chi connectivity index (χ0v) is 6.06. The summed E-state index contributed by atoms with van der Waals surface area (Å²) in [6.45, 7) is 4.98. The van der Waals surface area contributed by atoms with Crippen molar-refractivity contribution in [2.24, 2.45) is 0 Å². The Morgan fingerprint density at radius 2 is 2.11 bits per heavy atom. The molecule has 0 aromatic carbocycles. The van der Waals surface area contributed by atoms with Crippen LogP contribution in [0.1, 0.15) is 27.2 Å². The van der Waals surface area contributed by atoms with Crippen LogP contribution < -0.4 is 0 Å². The second-order valence-corrected chi connectivity index (χ2v) is 2.49. The molecule has 0 aliphatic carbocycles. The maximum absolute atomic E-state index is 10.1. The zero-order chi connectivity index (χ0) is 7.49. The molecule has 0 saturated carbocycles. The summed E-state index contributed by atoms with van der Waals surface area (Å²) in [6, 6.07) is 0. The highest BCUT2D eigenvalue weighted by atomic mass is 16.3. The lowest BCUT2D eigenvalue weighted by atomic mass is 9.98. The van der Waals surface area contributed by atoms with Crippen molar-refractivity contribution in [1.29, 1.82) is 0 Å². The Labute approximate surface area is 55.2 Å². The predicted octanol–water partition coefficient (Wildman–Crippen LogP) is 0.925. The van der Waals surface area contributed by atoms with Gasteiger partial charge in [0.15, 0.2) is 0 Å². The Hall–Kier alpha value is -0.590. The number of rotatable bonds is 2. The Bertz CT molecular complexity index is 135. The number of hydrogen-bond acceptors (Lipinski definition) is 2. The number of carbonyl (C=O) groups excluding carboxylic acids is 1. The molecule has 0 atom stereocenters. The van der Waals surface area contributed by atoms with Crippen molar-refractivity contribution < 1.29 is 9.90 Å². The quantitative estimate of drug-likeness (QED) is 0.561.